The van der Waals surface area contributed by atoms with E-state index in [1.54, 1.807) is 19.1 Å². The molecule has 3 N–H and O–H groups in total. The number of carbonyl (C=O) groups excluding carboxylic acids is 1. The predicted molar refractivity (Wildman–Crippen MR) is 97.0 cm³/mol. The lowest BCUT2D eigenvalue weighted by molar-refractivity contribution is -0.137. The Morgan fingerprint density at radius 3 is 2.68 bits per heavy atom. The van der Waals surface area contributed by atoms with Crippen molar-refractivity contribution in [2.24, 2.45) is 11.8 Å². The molecule has 1 rings (SSSR count). The third-order valence-corrected chi connectivity index (χ3v) is 4.31. The number of ketones is 1. The van der Waals surface area contributed by atoms with E-state index in [1.165, 1.54) is 0 Å². The minimum atomic E-state index is -0.791. The van der Waals surface area contributed by atoms with Crippen LogP contribution in [0.1, 0.15) is 51.9 Å². The summed E-state index contributed by atoms with van der Waals surface area (Å²) in [4.78, 5) is 22.4. The first-order valence-corrected chi connectivity index (χ1v) is 9.03. The van der Waals surface area contributed by atoms with E-state index >= 15 is 0 Å². The van der Waals surface area contributed by atoms with E-state index in [0.717, 1.165) is 6.42 Å². The maximum absolute atomic E-state index is 12.0. The quantitative estimate of drug-likeness (QED) is 0.371. The molecule has 0 heterocycles. The Hall–Kier alpha value is -1.72. The van der Waals surface area contributed by atoms with Crippen molar-refractivity contribution in [2.45, 2.75) is 64.1 Å². The largest absolute Gasteiger partial charge is 0.481 e. The normalized spacial score (nSPS) is 22.9. The zero-order valence-corrected chi connectivity index (χ0v) is 14.9. The molecular weight excluding hydrogens is 320 g/mol. The van der Waals surface area contributed by atoms with Crippen LogP contribution < -0.4 is 0 Å². The zero-order chi connectivity index (χ0) is 18.7. The summed E-state index contributed by atoms with van der Waals surface area (Å²) in [5, 5.41) is 27.7. The van der Waals surface area contributed by atoms with E-state index in [0.29, 0.717) is 32.1 Å². The fourth-order valence-corrected chi connectivity index (χ4v) is 2.83. The first-order valence-electron chi connectivity index (χ1n) is 9.03. The van der Waals surface area contributed by atoms with Gasteiger partial charge in [-0.1, -0.05) is 30.4 Å². The summed E-state index contributed by atoms with van der Waals surface area (Å²) in [6, 6.07) is 0. The number of aliphatic hydroxyl groups is 2. The highest BCUT2D eigenvalue weighted by Gasteiger charge is 2.27. The molecular formula is C20H30O5. The van der Waals surface area contributed by atoms with E-state index in [1.807, 2.05) is 24.3 Å². The van der Waals surface area contributed by atoms with Crippen LogP contribution in [0.3, 0.4) is 0 Å². The number of rotatable bonds is 12. The van der Waals surface area contributed by atoms with Gasteiger partial charge in [-0.15, -0.1) is 0 Å². The molecule has 0 aromatic rings. The lowest BCUT2D eigenvalue weighted by Crippen LogP contribution is -2.14. The zero-order valence-electron chi connectivity index (χ0n) is 14.9. The standard InChI is InChI=1S/C20H30O5/c1-15(21)7-6-8-17(22)13-11-16-12-14-19(23)18(16)9-4-2-3-5-10-20(24)25/h2,4,11-18,21-22H,3,5-10H2,1H3,(H,24,25)/b4-2-,13-11+/t15-,16+,17+,18-/m1/s1. The van der Waals surface area contributed by atoms with Crippen LogP contribution in [0, 0.1) is 11.8 Å². The Morgan fingerprint density at radius 1 is 1.24 bits per heavy atom. The number of allylic oxidation sites excluding steroid dienone is 5. The molecule has 5 heteroatoms. The highest BCUT2D eigenvalue weighted by Crippen LogP contribution is 2.27. The van der Waals surface area contributed by atoms with Gasteiger partial charge in [0, 0.05) is 18.3 Å². The molecule has 25 heavy (non-hydrogen) atoms. The third-order valence-electron chi connectivity index (χ3n) is 4.31. The fraction of sp³-hybridized carbons (Fsp3) is 0.600. The van der Waals surface area contributed by atoms with Crippen molar-refractivity contribution < 1.29 is 24.9 Å². The second kappa shape index (κ2) is 11.8. The lowest BCUT2D eigenvalue weighted by atomic mass is 9.90. The molecule has 0 amide bonds. The van der Waals surface area contributed by atoms with E-state index in [-0.39, 0.29) is 30.1 Å². The monoisotopic (exact) mass is 350 g/mol. The second-order valence-electron chi connectivity index (χ2n) is 6.67. The Kier molecular flexibility index (Phi) is 10.0. The highest BCUT2D eigenvalue weighted by molar-refractivity contribution is 5.95. The maximum Gasteiger partial charge on any atom is 0.303 e. The summed E-state index contributed by atoms with van der Waals surface area (Å²) in [6.07, 6.45) is 14.1. The SMILES string of the molecule is C[C@@H](O)CCC[C@H](O)/C=C/[C@H]1C=CC(=O)[C@@H]1C/C=C\CCCC(=O)O. The highest BCUT2D eigenvalue weighted by atomic mass is 16.4. The van der Waals surface area contributed by atoms with Crippen LogP contribution in [0.5, 0.6) is 0 Å². The number of unbranched alkanes of at least 4 members (excludes halogenated alkanes) is 1. The molecule has 0 unspecified atom stereocenters. The molecule has 0 saturated heterocycles. The molecule has 0 aliphatic heterocycles. The van der Waals surface area contributed by atoms with Crippen LogP contribution >= 0.6 is 0 Å². The van der Waals surface area contributed by atoms with E-state index in [2.05, 4.69) is 0 Å². The summed E-state index contributed by atoms with van der Waals surface area (Å²) in [6.45, 7) is 1.73. The van der Waals surface area contributed by atoms with E-state index < -0.39 is 12.1 Å². The summed E-state index contributed by atoms with van der Waals surface area (Å²) in [7, 11) is 0. The summed E-state index contributed by atoms with van der Waals surface area (Å²) in [5.41, 5.74) is 0. The van der Waals surface area contributed by atoms with Crippen molar-refractivity contribution in [3.8, 4) is 0 Å². The molecule has 0 fully saturated rings. The van der Waals surface area contributed by atoms with Crippen molar-refractivity contribution in [3.63, 3.8) is 0 Å². The maximum atomic E-state index is 12.0. The number of hydrogen-bond acceptors (Lipinski definition) is 4. The number of hydrogen-bond donors (Lipinski definition) is 3. The molecule has 0 bridgehead atoms. The molecule has 140 valence electrons. The number of carbonyl (C=O) groups is 2. The number of aliphatic carboxylic acids is 1. The number of carboxylic acids is 1. The van der Waals surface area contributed by atoms with Crippen molar-refractivity contribution in [1.29, 1.82) is 0 Å². The van der Waals surface area contributed by atoms with Crippen LogP contribution in [0.2, 0.25) is 0 Å². The van der Waals surface area contributed by atoms with Crippen LogP contribution in [-0.2, 0) is 9.59 Å². The first-order chi connectivity index (χ1) is 11.9. The molecule has 0 spiro atoms. The Labute approximate surface area is 149 Å². The number of carboxylic acid groups (broad SMARTS) is 1. The van der Waals surface area contributed by atoms with Crippen molar-refractivity contribution >= 4 is 11.8 Å². The van der Waals surface area contributed by atoms with Crippen LogP contribution in [0.25, 0.3) is 0 Å². The van der Waals surface area contributed by atoms with Crippen molar-refractivity contribution in [2.75, 3.05) is 0 Å². The number of aliphatic hydroxyl groups excluding tert-OH is 2. The van der Waals surface area contributed by atoms with Gasteiger partial charge >= 0.3 is 5.97 Å². The molecule has 5 nitrogen and oxygen atoms in total. The van der Waals surface area contributed by atoms with Gasteiger partial charge in [-0.05, 0) is 51.5 Å². The Morgan fingerprint density at radius 2 is 2.00 bits per heavy atom. The average molecular weight is 350 g/mol. The molecule has 1 aliphatic carbocycles. The molecule has 0 aromatic heterocycles. The minimum absolute atomic E-state index is 0.0115. The third kappa shape index (κ3) is 9.37. The van der Waals surface area contributed by atoms with Crippen LogP contribution in [0.15, 0.2) is 36.5 Å². The molecule has 4 atom stereocenters. The van der Waals surface area contributed by atoms with E-state index in [4.69, 9.17) is 5.11 Å². The summed E-state index contributed by atoms with van der Waals surface area (Å²) < 4.78 is 0. The smallest absolute Gasteiger partial charge is 0.303 e. The van der Waals surface area contributed by atoms with Gasteiger partial charge in [0.25, 0.3) is 0 Å². The van der Waals surface area contributed by atoms with Gasteiger partial charge in [-0.2, -0.15) is 0 Å². The van der Waals surface area contributed by atoms with Gasteiger partial charge in [0.2, 0.25) is 0 Å². The molecule has 0 saturated carbocycles. The second-order valence-corrected chi connectivity index (χ2v) is 6.67. The summed E-state index contributed by atoms with van der Waals surface area (Å²) >= 11 is 0. The molecule has 0 radical (unpaired) electrons. The van der Waals surface area contributed by atoms with Gasteiger partial charge in [-0.3, -0.25) is 9.59 Å². The summed E-state index contributed by atoms with van der Waals surface area (Å²) in [5.74, 6) is -0.853. The van der Waals surface area contributed by atoms with Gasteiger partial charge in [-0.25, -0.2) is 0 Å². The average Bonchev–Trinajstić information content (AvgIpc) is 2.88. The Bertz CT molecular complexity index is 504. The van der Waals surface area contributed by atoms with Crippen molar-refractivity contribution in [1.82, 2.24) is 0 Å². The first kappa shape index (κ1) is 21.3. The van der Waals surface area contributed by atoms with Gasteiger partial charge < -0.3 is 15.3 Å². The van der Waals surface area contributed by atoms with Gasteiger partial charge in [0.15, 0.2) is 5.78 Å². The molecule has 0 aromatic carbocycles. The van der Waals surface area contributed by atoms with Gasteiger partial charge in [0.1, 0.15) is 0 Å². The lowest BCUT2D eigenvalue weighted by Gasteiger charge is -2.13. The van der Waals surface area contributed by atoms with Crippen LogP contribution in [0.4, 0.5) is 0 Å². The van der Waals surface area contributed by atoms with Gasteiger partial charge in [0.05, 0.1) is 12.2 Å². The van der Waals surface area contributed by atoms with Crippen LogP contribution in [-0.4, -0.2) is 39.3 Å². The topological polar surface area (TPSA) is 94.8 Å². The minimum Gasteiger partial charge on any atom is -0.481 e. The molecule has 1 aliphatic rings. The Balaban J connectivity index is 2.38. The van der Waals surface area contributed by atoms with E-state index in [9.17, 15) is 19.8 Å². The fourth-order valence-electron chi connectivity index (χ4n) is 2.83. The van der Waals surface area contributed by atoms with Crippen molar-refractivity contribution in [3.05, 3.63) is 36.5 Å². The predicted octanol–water partition coefficient (Wildman–Crippen LogP) is 3.03.